The molecule has 0 fully saturated rings. The van der Waals surface area contributed by atoms with Gasteiger partial charge in [0.1, 0.15) is 23.5 Å². The van der Waals surface area contributed by atoms with Gasteiger partial charge in [-0.1, -0.05) is 35.5 Å². The quantitative estimate of drug-likeness (QED) is 0.539. The molecular weight excluding hydrogens is 497 g/mol. The summed E-state index contributed by atoms with van der Waals surface area (Å²) in [4.78, 5) is 48.3. The first-order valence-corrected chi connectivity index (χ1v) is 10.7. The topological polar surface area (TPSA) is 140 Å². The lowest BCUT2D eigenvalue weighted by Crippen LogP contribution is -2.34. The van der Waals surface area contributed by atoms with Crippen LogP contribution in [-0.4, -0.2) is 38.7 Å². The fourth-order valence-corrected chi connectivity index (χ4v) is 3.96. The number of nitrogens with one attached hydrogen (secondary N) is 2. The largest absolute Gasteiger partial charge is 0.418 e. The zero-order chi connectivity index (χ0) is 25.0. The lowest BCUT2D eigenvalue weighted by Gasteiger charge is -2.21. The molecule has 14 heteroatoms. The third-order valence-corrected chi connectivity index (χ3v) is 6.03. The van der Waals surface area contributed by atoms with E-state index in [4.69, 9.17) is 17.3 Å². The smallest absolute Gasteiger partial charge is 0.364 e. The number of amides is 3. The average molecular weight is 513 g/mol. The molecule has 2 aromatic rings. The molecule has 1 aliphatic rings. The van der Waals surface area contributed by atoms with Gasteiger partial charge in [-0.2, -0.15) is 13.2 Å². The molecule has 9 nitrogen and oxygen atoms in total. The Morgan fingerprint density at radius 1 is 1.12 bits per heavy atom. The maximum atomic E-state index is 13.0. The van der Waals surface area contributed by atoms with Gasteiger partial charge in [-0.3, -0.25) is 14.4 Å². The van der Waals surface area contributed by atoms with Gasteiger partial charge < -0.3 is 16.4 Å². The maximum Gasteiger partial charge on any atom is 0.418 e. The summed E-state index contributed by atoms with van der Waals surface area (Å²) in [5.41, 5.74) is 3.84. The summed E-state index contributed by atoms with van der Waals surface area (Å²) in [5, 5.41) is 4.43. The molecule has 0 aliphatic carbocycles. The second-order valence-electron chi connectivity index (χ2n) is 6.86. The van der Waals surface area contributed by atoms with Gasteiger partial charge in [0.15, 0.2) is 0 Å². The normalized spacial score (nSPS) is 14.5. The predicted octanol–water partition coefficient (Wildman–Crippen LogP) is 3.30. The van der Waals surface area contributed by atoms with Gasteiger partial charge in [0.2, 0.25) is 0 Å². The van der Waals surface area contributed by atoms with Gasteiger partial charge >= 0.3 is 6.18 Å². The summed E-state index contributed by atoms with van der Waals surface area (Å²) in [6.45, 7) is 1.67. The number of nitrogens with two attached hydrogens (primary N) is 1. The SMILES string of the molecule is CC(NC(=O)c1cc(C(N)=O)ncn1)C1=CCC=C(C(=O)Nc2cc(C(F)(F)F)c(Cl)cn2)S1. The molecule has 1 atom stereocenters. The number of alkyl halides is 3. The highest BCUT2D eigenvalue weighted by molar-refractivity contribution is 8.07. The minimum Gasteiger partial charge on any atom is -0.364 e. The van der Waals surface area contributed by atoms with Crippen molar-refractivity contribution in [1.29, 1.82) is 0 Å². The van der Waals surface area contributed by atoms with Gasteiger partial charge in [-0.05, 0) is 19.4 Å². The minimum absolute atomic E-state index is 0.0696. The number of primary amides is 1. The molecule has 34 heavy (non-hydrogen) atoms. The third-order valence-electron chi connectivity index (χ3n) is 4.40. The van der Waals surface area contributed by atoms with Crippen molar-refractivity contribution in [3.8, 4) is 0 Å². The Bertz CT molecular complexity index is 1220. The summed E-state index contributed by atoms with van der Waals surface area (Å²) in [5.74, 6) is -2.38. The number of halogens is 4. The molecule has 4 N–H and O–H groups in total. The van der Waals surface area contributed by atoms with Crippen molar-refractivity contribution >= 4 is 46.9 Å². The fourth-order valence-electron chi connectivity index (χ4n) is 2.76. The molecule has 2 aromatic heterocycles. The number of carbonyl (C=O) groups excluding carboxylic acids is 3. The van der Waals surface area contributed by atoms with Crippen LogP contribution in [0.1, 0.15) is 39.9 Å². The van der Waals surface area contributed by atoms with Crippen molar-refractivity contribution < 1.29 is 27.6 Å². The van der Waals surface area contributed by atoms with Crippen LogP contribution < -0.4 is 16.4 Å². The molecule has 0 bridgehead atoms. The van der Waals surface area contributed by atoms with E-state index in [2.05, 4.69) is 25.6 Å². The monoisotopic (exact) mass is 512 g/mol. The van der Waals surface area contributed by atoms with Crippen molar-refractivity contribution in [3.05, 3.63) is 68.6 Å². The van der Waals surface area contributed by atoms with Crippen LogP contribution in [0.25, 0.3) is 0 Å². The molecular formula is C20H16ClF3N6O3S. The van der Waals surface area contributed by atoms with Crippen molar-refractivity contribution in [1.82, 2.24) is 20.3 Å². The number of hydrogen-bond donors (Lipinski definition) is 3. The van der Waals surface area contributed by atoms with Crippen LogP contribution in [0.15, 0.2) is 46.6 Å². The Morgan fingerprint density at radius 2 is 1.82 bits per heavy atom. The van der Waals surface area contributed by atoms with Gasteiger partial charge in [0.25, 0.3) is 17.7 Å². The highest BCUT2D eigenvalue weighted by Crippen LogP contribution is 2.36. The Balaban J connectivity index is 1.65. The van der Waals surface area contributed by atoms with Crippen molar-refractivity contribution in [2.24, 2.45) is 5.73 Å². The first kappa shape index (κ1) is 25.2. The molecule has 178 valence electrons. The number of anilines is 1. The Kier molecular flexibility index (Phi) is 7.57. The minimum atomic E-state index is -4.70. The van der Waals surface area contributed by atoms with Gasteiger partial charge in [-0.25, -0.2) is 15.0 Å². The lowest BCUT2D eigenvalue weighted by molar-refractivity contribution is -0.137. The summed E-state index contributed by atoms with van der Waals surface area (Å²) < 4.78 is 39.1. The predicted molar refractivity (Wildman–Crippen MR) is 119 cm³/mol. The Hall–Kier alpha value is -3.45. The van der Waals surface area contributed by atoms with E-state index in [9.17, 15) is 27.6 Å². The van der Waals surface area contributed by atoms with Crippen molar-refractivity contribution in [2.45, 2.75) is 25.6 Å². The molecule has 0 radical (unpaired) electrons. The Morgan fingerprint density at radius 3 is 2.50 bits per heavy atom. The highest BCUT2D eigenvalue weighted by Gasteiger charge is 2.34. The van der Waals surface area contributed by atoms with E-state index in [1.54, 1.807) is 19.1 Å². The Labute approximate surface area is 200 Å². The summed E-state index contributed by atoms with van der Waals surface area (Å²) in [6, 6.07) is 1.25. The molecule has 0 saturated heterocycles. The van der Waals surface area contributed by atoms with Gasteiger partial charge in [-0.15, -0.1) is 0 Å². The number of carbonyl (C=O) groups is 3. The number of allylic oxidation sites excluding steroid dienone is 2. The van der Waals surface area contributed by atoms with Gasteiger partial charge in [0, 0.05) is 17.2 Å². The fraction of sp³-hybridized carbons (Fsp3) is 0.200. The molecule has 3 rings (SSSR count). The molecule has 0 saturated carbocycles. The van der Waals surface area contributed by atoms with E-state index >= 15 is 0 Å². The number of rotatable bonds is 6. The number of nitrogens with zero attached hydrogens (tertiary/aromatic N) is 3. The molecule has 3 heterocycles. The van der Waals surface area contributed by atoms with Crippen LogP contribution in [0.4, 0.5) is 19.0 Å². The zero-order valence-electron chi connectivity index (χ0n) is 17.3. The standard InChI is InChI=1S/C20H16ClF3N6O3S/c1-9(29-18(32)13-6-12(17(25)31)27-8-28-13)14-3-2-4-15(34-14)19(33)30-16-5-10(20(22,23)24)11(21)7-26-16/h3-9H,2H2,1H3,(H2,25,31)(H,29,32)(H,26,30,33). The van der Waals surface area contributed by atoms with E-state index < -0.39 is 40.5 Å². The van der Waals surface area contributed by atoms with E-state index in [1.807, 2.05) is 0 Å². The maximum absolute atomic E-state index is 13.0. The van der Waals surface area contributed by atoms with E-state index in [0.29, 0.717) is 17.4 Å². The molecule has 0 aromatic carbocycles. The van der Waals surface area contributed by atoms with E-state index in [-0.39, 0.29) is 22.1 Å². The average Bonchev–Trinajstić information content (AvgIpc) is 2.79. The van der Waals surface area contributed by atoms with Crippen LogP contribution in [0.5, 0.6) is 0 Å². The molecule has 1 unspecified atom stereocenters. The van der Waals surface area contributed by atoms with Crippen LogP contribution in [0, 0.1) is 0 Å². The lowest BCUT2D eigenvalue weighted by atomic mass is 10.2. The second-order valence-corrected chi connectivity index (χ2v) is 8.38. The van der Waals surface area contributed by atoms with Crippen LogP contribution in [0.2, 0.25) is 5.02 Å². The molecule has 0 spiro atoms. The first-order chi connectivity index (χ1) is 16.0. The molecule has 3 amide bonds. The van der Waals surface area contributed by atoms with Crippen molar-refractivity contribution in [2.75, 3.05) is 5.32 Å². The number of thioether (sulfide) groups is 1. The summed E-state index contributed by atoms with van der Waals surface area (Å²) in [6.07, 6.45) is 0.860. The van der Waals surface area contributed by atoms with Crippen LogP contribution in [0.3, 0.4) is 0 Å². The van der Waals surface area contributed by atoms with Crippen LogP contribution in [-0.2, 0) is 11.0 Å². The number of hydrogen-bond acceptors (Lipinski definition) is 7. The summed E-state index contributed by atoms with van der Waals surface area (Å²) >= 11 is 6.58. The third kappa shape index (κ3) is 6.11. The second kappa shape index (κ2) is 10.2. The number of aromatic nitrogens is 3. The van der Waals surface area contributed by atoms with Crippen molar-refractivity contribution in [3.63, 3.8) is 0 Å². The van der Waals surface area contributed by atoms with E-state index in [1.165, 1.54) is 0 Å². The first-order valence-electron chi connectivity index (χ1n) is 9.50. The van der Waals surface area contributed by atoms with Crippen LogP contribution >= 0.6 is 23.4 Å². The summed E-state index contributed by atoms with van der Waals surface area (Å²) in [7, 11) is 0. The van der Waals surface area contributed by atoms with Gasteiger partial charge in [0.05, 0.1) is 21.5 Å². The zero-order valence-corrected chi connectivity index (χ0v) is 18.9. The highest BCUT2D eigenvalue weighted by atomic mass is 35.5. The van der Waals surface area contributed by atoms with E-state index in [0.717, 1.165) is 30.4 Å². The molecule has 1 aliphatic heterocycles. The number of pyridine rings is 1.